The highest BCUT2D eigenvalue weighted by atomic mass is 16.2. The van der Waals surface area contributed by atoms with Crippen LogP contribution in [0.25, 0.3) is 11.2 Å². The van der Waals surface area contributed by atoms with Crippen LogP contribution in [0.2, 0.25) is 0 Å². The van der Waals surface area contributed by atoms with Crippen molar-refractivity contribution in [1.29, 1.82) is 0 Å². The Balaban J connectivity index is 2.10. The number of rotatable bonds is 3. The van der Waals surface area contributed by atoms with E-state index in [1.54, 1.807) is 13.4 Å². The molecular formula is C21H20N4O2. The fourth-order valence-corrected chi connectivity index (χ4v) is 3.58. The zero-order valence-corrected chi connectivity index (χ0v) is 15.5. The van der Waals surface area contributed by atoms with Gasteiger partial charge in [-0.05, 0) is 23.6 Å². The first-order valence-electron chi connectivity index (χ1n) is 8.73. The molecule has 0 fully saturated rings. The molecule has 0 N–H and O–H groups in total. The Labute approximate surface area is 156 Å². The highest BCUT2D eigenvalue weighted by Gasteiger charge is 2.23. The van der Waals surface area contributed by atoms with E-state index < -0.39 is 0 Å². The Morgan fingerprint density at radius 3 is 2.26 bits per heavy atom. The van der Waals surface area contributed by atoms with E-state index in [0.717, 1.165) is 21.3 Å². The maximum Gasteiger partial charge on any atom is 0.332 e. The molecule has 0 bridgehead atoms. The van der Waals surface area contributed by atoms with Gasteiger partial charge in [0.25, 0.3) is 5.56 Å². The molecule has 27 heavy (non-hydrogen) atoms. The summed E-state index contributed by atoms with van der Waals surface area (Å²) < 4.78 is 4.41. The highest BCUT2D eigenvalue weighted by molar-refractivity contribution is 5.71. The minimum absolute atomic E-state index is 0.220. The summed E-state index contributed by atoms with van der Waals surface area (Å²) in [5.41, 5.74) is 3.31. The van der Waals surface area contributed by atoms with Gasteiger partial charge in [0.05, 0.1) is 12.4 Å². The van der Waals surface area contributed by atoms with Gasteiger partial charge in [0.15, 0.2) is 11.2 Å². The second-order valence-electron chi connectivity index (χ2n) is 6.70. The maximum atomic E-state index is 12.9. The number of nitrogens with zero attached hydrogens (tertiary/aromatic N) is 4. The Hall–Kier alpha value is -3.41. The molecule has 4 rings (SSSR count). The molecule has 0 amide bonds. The smallest absolute Gasteiger partial charge is 0.313 e. The number of aryl methyl sites for hydroxylation is 2. The fraction of sp³-hybridized carbons (Fsp3) is 0.190. The first-order valence-corrected chi connectivity index (χ1v) is 8.73. The average molecular weight is 360 g/mol. The van der Waals surface area contributed by atoms with Gasteiger partial charge in [0.1, 0.15) is 0 Å². The van der Waals surface area contributed by atoms with Crippen molar-refractivity contribution in [2.45, 2.75) is 13.0 Å². The van der Waals surface area contributed by atoms with Crippen LogP contribution in [-0.2, 0) is 14.1 Å². The molecule has 2 aromatic heterocycles. The van der Waals surface area contributed by atoms with E-state index in [1.165, 1.54) is 11.6 Å². The molecule has 6 nitrogen and oxygen atoms in total. The third kappa shape index (κ3) is 2.61. The summed E-state index contributed by atoms with van der Waals surface area (Å²) in [7, 11) is 3.12. The Morgan fingerprint density at radius 1 is 0.889 bits per heavy atom. The molecule has 0 aliphatic rings. The Morgan fingerprint density at radius 2 is 1.56 bits per heavy atom. The van der Waals surface area contributed by atoms with Gasteiger partial charge in [-0.25, -0.2) is 9.78 Å². The van der Waals surface area contributed by atoms with Crippen molar-refractivity contribution in [3.05, 3.63) is 98.5 Å². The van der Waals surface area contributed by atoms with Crippen molar-refractivity contribution >= 4 is 11.2 Å². The fourth-order valence-electron chi connectivity index (χ4n) is 3.58. The third-order valence-electron chi connectivity index (χ3n) is 5.05. The lowest BCUT2D eigenvalue weighted by molar-refractivity contribution is 0.672. The van der Waals surface area contributed by atoms with Gasteiger partial charge in [-0.15, -0.1) is 0 Å². The van der Waals surface area contributed by atoms with E-state index in [1.807, 2.05) is 47.0 Å². The summed E-state index contributed by atoms with van der Waals surface area (Å²) in [4.78, 5) is 29.6. The Bertz CT molecular complexity index is 1250. The molecule has 0 aliphatic heterocycles. The number of hydrogen-bond donors (Lipinski definition) is 0. The van der Waals surface area contributed by atoms with Gasteiger partial charge in [-0.3, -0.25) is 13.9 Å². The van der Waals surface area contributed by atoms with Crippen molar-refractivity contribution in [2.24, 2.45) is 14.1 Å². The molecule has 136 valence electrons. The molecule has 2 heterocycles. The van der Waals surface area contributed by atoms with Crippen LogP contribution in [-0.4, -0.2) is 18.7 Å². The summed E-state index contributed by atoms with van der Waals surface area (Å²) >= 11 is 0. The topological polar surface area (TPSA) is 61.8 Å². The quantitative estimate of drug-likeness (QED) is 0.564. The van der Waals surface area contributed by atoms with Crippen LogP contribution >= 0.6 is 0 Å². The third-order valence-corrected chi connectivity index (χ3v) is 5.05. The first kappa shape index (κ1) is 17.0. The van der Waals surface area contributed by atoms with Crippen LogP contribution < -0.4 is 11.2 Å². The summed E-state index contributed by atoms with van der Waals surface area (Å²) in [5, 5.41) is 0. The largest absolute Gasteiger partial charge is 0.332 e. The Kier molecular flexibility index (Phi) is 4.03. The van der Waals surface area contributed by atoms with Gasteiger partial charge in [0.2, 0.25) is 0 Å². The molecule has 0 aliphatic carbocycles. The highest BCUT2D eigenvalue weighted by Crippen LogP contribution is 2.30. The first-order chi connectivity index (χ1) is 13.0. The predicted molar refractivity (Wildman–Crippen MR) is 105 cm³/mol. The SMILES string of the molecule is Cc1ccccc1[C@@H](c1ccccc1)n1cnc2c1c(=O)n(C)c(=O)n2C. The molecular weight excluding hydrogens is 340 g/mol. The van der Waals surface area contributed by atoms with E-state index in [-0.39, 0.29) is 17.3 Å². The van der Waals surface area contributed by atoms with E-state index in [0.29, 0.717) is 11.2 Å². The summed E-state index contributed by atoms with van der Waals surface area (Å²) in [5.74, 6) is 0. The van der Waals surface area contributed by atoms with Crippen molar-refractivity contribution in [3.63, 3.8) is 0 Å². The number of fused-ring (bicyclic) bond motifs is 1. The van der Waals surface area contributed by atoms with Crippen LogP contribution in [0.5, 0.6) is 0 Å². The lowest BCUT2D eigenvalue weighted by Crippen LogP contribution is -2.37. The summed E-state index contributed by atoms with van der Waals surface area (Å²) in [6.45, 7) is 2.05. The zero-order chi connectivity index (χ0) is 19.1. The van der Waals surface area contributed by atoms with Gasteiger partial charge >= 0.3 is 5.69 Å². The average Bonchev–Trinajstić information content (AvgIpc) is 3.12. The van der Waals surface area contributed by atoms with Gasteiger partial charge in [0, 0.05) is 14.1 Å². The molecule has 1 atom stereocenters. The predicted octanol–water partition coefficient (Wildman–Crippen LogP) is 2.38. The second kappa shape index (κ2) is 6.39. The van der Waals surface area contributed by atoms with Gasteiger partial charge in [-0.1, -0.05) is 54.6 Å². The molecule has 2 aromatic carbocycles. The molecule has 0 radical (unpaired) electrons. The number of imidazole rings is 1. The van der Waals surface area contributed by atoms with Crippen LogP contribution in [0.15, 0.2) is 70.5 Å². The molecule has 6 heteroatoms. The zero-order valence-electron chi connectivity index (χ0n) is 15.5. The molecule has 0 spiro atoms. The van der Waals surface area contributed by atoms with Crippen molar-refractivity contribution in [3.8, 4) is 0 Å². The van der Waals surface area contributed by atoms with Gasteiger partial charge in [-0.2, -0.15) is 0 Å². The van der Waals surface area contributed by atoms with E-state index in [4.69, 9.17) is 0 Å². The van der Waals surface area contributed by atoms with Crippen LogP contribution in [0.3, 0.4) is 0 Å². The molecule has 4 aromatic rings. The maximum absolute atomic E-state index is 12.9. The minimum Gasteiger partial charge on any atom is -0.313 e. The lowest BCUT2D eigenvalue weighted by atomic mass is 9.95. The lowest BCUT2D eigenvalue weighted by Gasteiger charge is -2.22. The van der Waals surface area contributed by atoms with E-state index >= 15 is 0 Å². The van der Waals surface area contributed by atoms with Crippen molar-refractivity contribution in [1.82, 2.24) is 18.7 Å². The van der Waals surface area contributed by atoms with E-state index in [9.17, 15) is 9.59 Å². The normalized spacial score (nSPS) is 12.4. The standard InChI is InChI=1S/C21H20N4O2/c1-14-9-7-8-12-16(14)17(15-10-5-4-6-11-15)25-13-22-19-18(25)20(26)24(3)21(27)23(19)2/h4-13,17H,1-3H3/t17-/m1/s1. The summed E-state index contributed by atoms with van der Waals surface area (Å²) in [6.07, 6.45) is 1.65. The van der Waals surface area contributed by atoms with Crippen molar-refractivity contribution < 1.29 is 0 Å². The van der Waals surface area contributed by atoms with Crippen LogP contribution in [0.4, 0.5) is 0 Å². The van der Waals surface area contributed by atoms with E-state index in [2.05, 4.69) is 24.0 Å². The second-order valence-corrected chi connectivity index (χ2v) is 6.70. The number of aromatic nitrogens is 4. The summed E-state index contributed by atoms with van der Waals surface area (Å²) in [6, 6.07) is 17.9. The number of benzene rings is 2. The molecule has 0 unspecified atom stereocenters. The van der Waals surface area contributed by atoms with Crippen LogP contribution in [0.1, 0.15) is 22.7 Å². The molecule has 0 saturated carbocycles. The molecule has 0 saturated heterocycles. The monoisotopic (exact) mass is 360 g/mol. The van der Waals surface area contributed by atoms with Crippen molar-refractivity contribution in [2.75, 3.05) is 0 Å². The number of hydrogen-bond acceptors (Lipinski definition) is 3. The van der Waals surface area contributed by atoms with Crippen LogP contribution in [0, 0.1) is 6.92 Å². The van der Waals surface area contributed by atoms with Gasteiger partial charge < -0.3 is 4.57 Å². The minimum atomic E-state index is -0.384.